The van der Waals surface area contributed by atoms with E-state index < -0.39 is 0 Å². The maximum absolute atomic E-state index is 13.8. The largest absolute Gasteiger partial charge is 0.463 e. The normalized spacial score (nSPS) is 10.4. The Labute approximate surface area is 167 Å². The minimum Gasteiger partial charge on any atom is -0.463 e. The highest BCUT2D eigenvalue weighted by atomic mass is 19.1. The molecule has 3 rings (SSSR count). The van der Waals surface area contributed by atoms with Crippen molar-refractivity contribution in [3.8, 4) is 6.01 Å². The van der Waals surface area contributed by atoms with Crippen molar-refractivity contribution < 1.29 is 14.2 Å². The smallest absolute Gasteiger partial charge is 0.318 e. The number of aromatic nitrogens is 3. The molecule has 0 aliphatic carbocycles. The van der Waals surface area contributed by atoms with Crippen molar-refractivity contribution in [1.29, 1.82) is 5.41 Å². The Morgan fingerprint density at radius 1 is 1.17 bits per heavy atom. The van der Waals surface area contributed by atoms with Crippen LogP contribution in [0.15, 0.2) is 48.8 Å². The van der Waals surface area contributed by atoms with Gasteiger partial charge < -0.3 is 25.9 Å². The van der Waals surface area contributed by atoms with E-state index in [1.165, 1.54) is 12.3 Å². The number of ether oxygens (including phenoxy) is 1. The number of benzene rings is 1. The molecule has 0 atom stereocenters. The van der Waals surface area contributed by atoms with Crippen LogP contribution in [-0.2, 0) is 6.54 Å². The lowest BCUT2D eigenvalue weighted by Gasteiger charge is -2.12. The summed E-state index contributed by atoms with van der Waals surface area (Å²) in [6, 6.07) is 10.1. The van der Waals surface area contributed by atoms with Crippen molar-refractivity contribution in [3.05, 3.63) is 65.7 Å². The van der Waals surface area contributed by atoms with Gasteiger partial charge in [0.25, 0.3) is 0 Å². The van der Waals surface area contributed by atoms with Crippen molar-refractivity contribution in [2.45, 2.75) is 13.0 Å². The lowest BCUT2D eigenvalue weighted by molar-refractivity contribution is 0.224. The highest BCUT2D eigenvalue weighted by molar-refractivity contribution is 5.86. The van der Waals surface area contributed by atoms with Gasteiger partial charge >= 0.3 is 6.01 Å². The predicted molar refractivity (Wildman–Crippen MR) is 108 cm³/mol. The number of aliphatic hydroxyl groups is 1. The zero-order chi connectivity index (χ0) is 20.5. The van der Waals surface area contributed by atoms with Crippen LogP contribution in [0.4, 0.5) is 21.7 Å². The first-order chi connectivity index (χ1) is 14.2. The van der Waals surface area contributed by atoms with Gasteiger partial charge in [-0.1, -0.05) is 18.2 Å². The van der Waals surface area contributed by atoms with Crippen LogP contribution in [0.2, 0.25) is 0 Å². The molecule has 1 aromatic carbocycles. The Morgan fingerprint density at radius 3 is 2.83 bits per heavy atom. The molecule has 2 aromatic heterocycles. The number of rotatable bonds is 10. The summed E-state index contributed by atoms with van der Waals surface area (Å²) in [5.74, 6) is 0.680. The summed E-state index contributed by atoms with van der Waals surface area (Å²) >= 11 is 0. The van der Waals surface area contributed by atoms with Crippen LogP contribution in [0, 0.1) is 11.2 Å². The third kappa shape index (κ3) is 5.69. The number of halogens is 1. The summed E-state index contributed by atoms with van der Waals surface area (Å²) in [6.45, 7) is 0.619. The molecule has 0 aliphatic heterocycles. The predicted octanol–water partition coefficient (Wildman–Crippen LogP) is 3.13. The summed E-state index contributed by atoms with van der Waals surface area (Å²) in [5, 5.41) is 22.6. The summed E-state index contributed by atoms with van der Waals surface area (Å²) in [4.78, 5) is 12.5. The molecule has 0 spiro atoms. The average Bonchev–Trinajstić information content (AvgIpc) is 2.74. The summed E-state index contributed by atoms with van der Waals surface area (Å²) in [6.07, 6.45) is 4.76. The van der Waals surface area contributed by atoms with Crippen molar-refractivity contribution in [1.82, 2.24) is 15.0 Å². The highest BCUT2D eigenvalue weighted by Gasteiger charge is 2.07. The molecule has 9 heteroatoms. The molecule has 0 saturated heterocycles. The van der Waals surface area contributed by atoms with E-state index >= 15 is 0 Å². The van der Waals surface area contributed by atoms with E-state index in [0.29, 0.717) is 41.5 Å². The van der Waals surface area contributed by atoms with E-state index in [4.69, 9.17) is 15.3 Å². The molecule has 8 nitrogen and oxygen atoms in total. The molecule has 0 bridgehead atoms. The van der Waals surface area contributed by atoms with E-state index in [0.717, 1.165) is 0 Å². The number of aliphatic hydroxyl groups excluding tert-OH is 1. The van der Waals surface area contributed by atoms with Gasteiger partial charge in [-0.3, -0.25) is 0 Å². The molecule has 0 saturated carbocycles. The van der Waals surface area contributed by atoms with E-state index in [1.807, 2.05) is 0 Å². The lowest BCUT2D eigenvalue weighted by atomic mass is 10.2. The van der Waals surface area contributed by atoms with Crippen LogP contribution in [0.25, 0.3) is 0 Å². The number of nitrogens with zero attached hydrogens (tertiary/aromatic N) is 3. The van der Waals surface area contributed by atoms with Crippen molar-refractivity contribution >= 4 is 23.5 Å². The first-order valence-electron chi connectivity index (χ1n) is 9.01. The number of nitrogens with one attached hydrogen (secondary N) is 3. The lowest BCUT2D eigenvalue weighted by Crippen LogP contribution is -2.07. The molecule has 0 radical (unpaired) electrons. The quantitative estimate of drug-likeness (QED) is 0.307. The van der Waals surface area contributed by atoms with Crippen molar-refractivity contribution in [3.63, 3.8) is 0 Å². The minimum absolute atomic E-state index is 0.0316. The van der Waals surface area contributed by atoms with E-state index in [2.05, 4.69) is 25.6 Å². The summed E-state index contributed by atoms with van der Waals surface area (Å²) in [5.41, 5.74) is 1.73. The molecule has 0 aliphatic rings. The van der Waals surface area contributed by atoms with E-state index in [-0.39, 0.29) is 25.0 Å². The fourth-order valence-electron chi connectivity index (χ4n) is 2.47. The fraction of sp³-hybridized carbons (Fsp3) is 0.200. The summed E-state index contributed by atoms with van der Waals surface area (Å²) in [7, 11) is 0. The number of hydrogen-bond donors (Lipinski definition) is 4. The third-order valence-corrected chi connectivity index (χ3v) is 3.94. The van der Waals surface area contributed by atoms with E-state index in [1.54, 1.807) is 42.7 Å². The van der Waals surface area contributed by atoms with Gasteiger partial charge in [-0.25, -0.2) is 14.4 Å². The minimum atomic E-state index is -0.293. The van der Waals surface area contributed by atoms with Gasteiger partial charge in [0.1, 0.15) is 17.5 Å². The molecular formula is C20H21FN6O2. The monoisotopic (exact) mass is 396 g/mol. The standard InChI is InChI=1S/C20H21FN6O2/c21-16-5-2-1-4-14(16)12-24-17-10-19(25-13-15(17)11-22)26-18-6-7-23-20(27-18)29-9-3-8-28/h1-2,4-7,10-11,13,22,28H,3,8-9,12H2,(H2,23,24,25,26,27). The maximum Gasteiger partial charge on any atom is 0.318 e. The average molecular weight is 396 g/mol. The second-order valence-corrected chi connectivity index (χ2v) is 6.02. The number of anilines is 3. The van der Waals surface area contributed by atoms with Gasteiger partial charge in [0.15, 0.2) is 0 Å². The van der Waals surface area contributed by atoms with Crippen molar-refractivity contribution in [2.24, 2.45) is 0 Å². The van der Waals surface area contributed by atoms with Gasteiger partial charge in [0.2, 0.25) is 0 Å². The fourth-order valence-corrected chi connectivity index (χ4v) is 2.47. The summed E-state index contributed by atoms with van der Waals surface area (Å²) < 4.78 is 19.2. The Kier molecular flexibility index (Phi) is 7.01. The van der Waals surface area contributed by atoms with Gasteiger partial charge in [-0.2, -0.15) is 4.98 Å². The topological polar surface area (TPSA) is 116 Å². The Hall–Kier alpha value is -3.59. The molecular weight excluding hydrogens is 375 g/mol. The molecule has 4 N–H and O–H groups in total. The second kappa shape index (κ2) is 10.1. The second-order valence-electron chi connectivity index (χ2n) is 6.02. The molecule has 29 heavy (non-hydrogen) atoms. The van der Waals surface area contributed by atoms with Gasteiger partial charge in [-0.15, -0.1) is 0 Å². The van der Waals surface area contributed by atoms with Crippen LogP contribution in [0.3, 0.4) is 0 Å². The van der Waals surface area contributed by atoms with Crippen LogP contribution in [0.5, 0.6) is 6.01 Å². The SMILES string of the molecule is N=Cc1cnc(Nc2ccnc(OCCCO)n2)cc1NCc1ccccc1F. The maximum atomic E-state index is 13.8. The number of hydrogen-bond acceptors (Lipinski definition) is 8. The highest BCUT2D eigenvalue weighted by Crippen LogP contribution is 2.21. The molecule has 0 unspecified atom stereocenters. The molecule has 2 heterocycles. The molecule has 3 aromatic rings. The van der Waals surface area contributed by atoms with Crippen molar-refractivity contribution in [2.75, 3.05) is 23.8 Å². The Bertz CT molecular complexity index is 969. The number of pyridine rings is 1. The zero-order valence-corrected chi connectivity index (χ0v) is 15.6. The first-order valence-corrected chi connectivity index (χ1v) is 9.01. The Balaban J connectivity index is 1.72. The molecule has 0 fully saturated rings. The molecule has 150 valence electrons. The molecule has 0 amide bonds. The first kappa shape index (κ1) is 20.2. The Morgan fingerprint density at radius 2 is 2.03 bits per heavy atom. The van der Waals surface area contributed by atoms with Crippen LogP contribution in [0.1, 0.15) is 17.5 Å². The third-order valence-electron chi connectivity index (χ3n) is 3.94. The zero-order valence-electron chi connectivity index (χ0n) is 15.6. The van der Waals surface area contributed by atoms with Crippen LogP contribution in [-0.4, -0.2) is 39.5 Å². The van der Waals surface area contributed by atoms with Gasteiger partial charge in [-0.05, 0) is 12.1 Å². The van der Waals surface area contributed by atoms with Gasteiger partial charge in [0, 0.05) is 61.1 Å². The van der Waals surface area contributed by atoms with Crippen LogP contribution >= 0.6 is 0 Å². The van der Waals surface area contributed by atoms with E-state index in [9.17, 15) is 4.39 Å². The van der Waals surface area contributed by atoms with Gasteiger partial charge in [0.05, 0.1) is 6.61 Å². The van der Waals surface area contributed by atoms with Crippen LogP contribution < -0.4 is 15.4 Å².